The lowest BCUT2D eigenvalue weighted by atomic mass is 10.1. The summed E-state index contributed by atoms with van der Waals surface area (Å²) in [6, 6.07) is 4.75. The van der Waals surface area contributed by atoms with Crippen LogP contribution in [-0.2, 0) is 0 Å². The average molecular weight is 185 g/mol. The minimum absolute atomic E-state index is 0. The molecule has 0 saturated carbocycles. The van der Waals surface area contributed by atoms with Gasteiger partial charge in [0.05, 0.1) is 0 Å². The van der Waals surface area contributed by atoms with Crippen LogP contribution in [0.2, 0.25) is 0 Å². The molecule has 2 rings (SSSR count). The fourth-order valence-corrected chi connectivity index (χ4v) is 1.56. The topological polar surface area (TPSA) is 24.9 Å². The summed E-state index contributed by atoms with van der Waals surface area (Å²) in [5.41, 5.74) is 1.37. The zero-order valence-electron chi connectivity index (χ0n) is 6.86. The summed E-state index contributed by atoms with van der Waals surface area (Å²) < 4.78 is 0. The normalized spacial score (nSPS) is 21.8. The Labute approximate surface area is 78.8 Å². The number of nitrogens with zero attached hydrogens (tertiary/aromatic N) is 1. The molecule has 1 N–H and O–H groups in total. The number of halogens is 1. The lowest BCUT2D eigenvalue weighted by molar-refractivity contribution is 0.647. The summed E-state index contributed by atoms with van der Waals surface area (Å²) in [6.45, 7) is 1.16. The molecular weight excluding hydrogens is 172 g/mol. The first kappa shape index (κ1) is 9.49. The second-order valence-electron chi connectivity index (χ2n) is 2.93. The number of hydrogen-bond acceptors (Lipinski definition) is 2. The molecule has 1 atom stereocenters. The van der Waals surface area contributed by atoms with Crippen LogP contribution >= 0.6 is 12.4 Å². The highest BCUT2D eigenvalue weighted by molar-refractivity contribution is 5.85. The van der Waals surface area contributed by atoms with Gasteiger partial charge in [-0.15, -0.1) is 12.4 Å². The molecule has 0 bridgehead atoms. The van der Waals surface area contributed by atoms with Gasteiger partial charge in [0.1, 0.15) is 0 Å². The molecule has 0 radical (unpaired) electrons. The van der Waals surface area contributed by atoms with E-state index in [1.54, 1.807) is 0 Å². The molecule has 1 aromatic heterocycles. The van der Waals surface area contributed by atoms with Gasteiger partial charge >= 0.3 is 0 Å². The van der Waals surface area contributed by atoms with Crippen molar-refractivity contribution >= 4 is 12.4 Å². The van der Waals surface area contributed by atoms with Crippen molar-refractivity contribution in [1.29, 1.82) is 0 Å². The molecule has 3 heteroatoms. The third kappa shape index (κ3) is 1.96. The molecule has 0 aliphatic carbocycles. The molecule has 1 saturated heterocycles. The number of hydrogen-bond donors (Lipinski definition) is 1. The molecule has 1 aliphatic rings. The predicted octanol–water partition coefficient (Wildman–Crippen LogP) is 1.93. The lowest BCUT2D eigenvalue weighted by Crippen LogP contribution is -2.12. The molecule has 0 aromatic carbocycles. The standard InChI is InChI=1S/C9H12N2.ClH/c1-2-9(11-5-1)8-3-6-10-7-4-8;/h3-4,6-7,9,11H,1-2,5H2;1H/t9-;/m1./s1. The first-order chi connectivity index (χ1) is 5.47. The van der Waals surface area contributed by atoms with Crippen molar-refractivity contribution in [1.82, 2.24) is 10.3 Å². The second kappa shape index (κ2) is 4.43. The third-order valence-corrected chi connectivity index (χ3v) is 2.17. The van der Waals surface area contributed by atoms with Gasteiger partial charge in [-0.05, 0) is 37.1 Å². The van der Waals surface area contributed by atoms with E-state index in [0.717, 1.165) is 6.54 Å². The fourth-order valence-electron chi connectivity index (χ4n) is 1.56. The quantitative estimate of drug-likeness (QED) is 0.722. The van der Waals surface area contributed by atoms with Crippen LogP contribution in [-0.4, -0.2) is 11.5 Å². The van der Waals surface area contributed by atoms with Crippen molar-refractivity contribution in [3.63, 3.8) is 0 Å². The largest absolute Gasteiger partial charge is 0.310 e. The van der Waals surface area contributed by atoms with E-state index in [-0.39, 0.29) is 12.4 Å². The van der Waals surface area contributed by atoms with Crippen LogP contribution in [0.15, 0.2) is 24.5 Å². The summed E-state index contributed by atoms with van der Waals surface area (Å²) in [5, 5.41) is 3.45. The highest BCUT2D eigenvalue weighted by Gasteiger charge is 2.14. The molecule has 2 nitrogen and oxygen atoms in total. The maximum absolute atomic E-state index is 3.99. The van der Waals surface area contributed by atoms with Crippen molar-refractivity contribution in [2.45, 2.75) is 18.9 Å². The summed E-state index contributed by atoms with van der Waals surface area (Å²) >= 11 is 0. The summed E-state index contributed by atoms with van der Waals surface area (Å²) in [5.74, 6) is 0. The Balaban J connectivity index is 0.000000720. The van der Waals surface area contributed by atoms with Gasteiger partial charge in [0.2, 0.25) is 0 Å². The van der Waals surface area contributed by atoms with E-state index < -0.39 is 0 Å². The Morgan fingerprint density at radius 3 is 2.67 bits per heavy atom. The average Bonchev–Trinajstić information content (AvgIpc) is 2.58. The van der Waals surface area contributed by atoms with Gasteiger partial charge in [-0.1, -0.05) is 0 Å². The van der Waals surface area contributed by atoms with Crippen LogP contribution in [0.1, 0.15) is 24.4 Å². The van der Waals surface area contributed by atoms with Gasteiger partial charge in [-0.25, -0.2) is 0 Å². The molecule has 0 spiro atoms. The lowest BCUT2D eigenvalue weighted by Gasteiger charge is -2.08. The Morgan fingerprint density at radius 2 is 2.08 bits per heavy atom. The Hall–Kier alpha value is -0.600. The maximum atomic E-state index is 3.99. The molecule has 12 heavy (non-hydrogen) atoms. The van der Waals surface area contributed by atoms with Crippen LogP contribution in [0, 0.1) is 0 Å². The van der Waals surface area contributed by atoms with Crippen molar-refractivity contribution in [2.24, 2.45) is 0 Å². The molecule has 1 fully saturated rings. The van der Waals surface area contributed by atoms with E-state index in [4.69, 9.17) is 0 Å². The molecule has 0 amide bonds. The van der Waals surface area contributed by atoms with E-state index in [2.05, 4.69) is 22.4 Å². The summed E-state index contributed by atoms with van der Waals surface area (Å²) in [7, 11) is 0. The van der Waals surface area contributed by atoms with E-state index in [1.165, 1.54) is 18.4 Å². The second-order valence-corrected chi connectivity index (χ2v) is 2.93. The summed E-state index contributed by atoms with van der Waals surface area (Å²) in [6.07, 6.45) is 6.28. The number of pyridine rings is 1. The van der Waals surface area contributed by atoms with Gasteiger partial charge in [0, 0.05) is 18.4 Å². The monoisotopic (exact) mass is 184 g/mol. The molecule has 1 aromatic rings. The molecule has 1 aliphatic heterocycles. The van der Waals surface area contributed by atoms with E-state index in [0.29, 0.717) is 6.04 Å². The highest BCUT2D eigenvalue weighted by Crippen LogP contribution is 2.21. The first-order valence-corrected chi connectivity index (χ1v) is 4.10. The molecule has 66 valence electrons. The first-order valence-electron chi connectivity index (χ1n) is 4.10. The Kier molecular flexibility index (Phi) is 3.50. The van der Waals surface area contributed by atoms with Crippen LogP contribution < -0.4 is 5.32 Å². The van der Waals surface area contributed by atoms with Gasteiger partial charge in [-0.3, -0.25) is 4.98 Å². The van der Waals surface area contributed by atoms with Gasteiger partial charge in [-0.2, -0.15) is 0 Å². The van der Waals surface area contributed by atoms with Crippen molar-refractivity contribution in [3.05, 3.63) is 30.1 Å². The number of nitrogens with one attached hydrogen (secondary N) is 1. The number of aromatic nitrogens is 1. The van der Waals surface area contributed by atoms with Crippen molar-refractivity contribution < 1.29 is 0 Å². The minimum Gasteiger partial charge on any atom is -0.310 e. The maximum Gasteiger partial charge on any atom is 0.0321 e. The van der Waals surface area contributed by atoms with Gasteiger partial charge in [0.25, 0.3) is 0 Å². The zero-order chi connectivity index (χ0) is 7.52. The molecular formula is C9H13ClN2. The molecule has 0 unspecified atom stereocenters. The van der Waals surface area contributed by atoms with Crippen molar-refractivity contribution in [2.75, 3.05) is 6.54 Å². The fraction of sp³-hybridized carbons (Fsp3) is 0.444. The zero-order valence-corrected chi connectivity index (χ0v) is 7.68. The van der Waals surface area contributed by atoms with E-state index in [1.807, 2.05) is 12.4 Å². The van der Waals surface area contributed by atoms with E-state index in [9.17, 15) is 0 Å². The van der Waals surface area contributed by atoms with Crippen LogP contribution in [0.4, 0.5) is 0 Å². The SMILES string of the molecule is Cl.c1cc([C@H]2CCCN2)ccn1. The molecule has 2 heterocycles. The van der Waals surface area contributed by atoms with E-state index >= 15 is 0 Å². The van der Waals surface area contributed by atoms with Gasteiger partial charge < -0.3 is 5.32 Å². The summed E-state index contributed by atoms with van der Waals surface area (Å²) in [4.78, 5) is 3.99. The van der Waals surface area contributed by atoms with Crippen molar-refractivity contribution in [3.8, 4) is 0 Å². The smallest absolute Gasteiger partial charge is 0.0321 e. The van der Waals surface area contributed by atoms with Crippen LogP contribution in [0.5, 0.6) is 0 Å². The minimum atomic E-state index is 0. The predicted molar refractivity (Wildman–Crippen MR) is 51.5 cm³/mol. The van der Waals surface area contributed by atoms with Crippen LogP contribution in [0.3, 0.4) is 0 Å². The van der Waals surface area contributed by atoms with Crippen LogP contribution in [0.25, 0.3) is 0 Å². The highest BCUT2D eigenvalue weighted by atomic mass is 35.5. The Bertz CT molecular complexity index is 219. The number of rotatable bonds is 1. The third-order valence-electron chi connectivity index (χ3n) is 2.17. The Morgan fingerprint density at radius 1 is 1.33 bits per heavy atom. The van der Waals surface area contributed by atoms with Gasteiger partial charge in [0.15, 0.2) is 0 Å².